The van der Waals surface area contributed by atoms with Gasteiger partial charge in [0.05, 0.1) is 60.4 Å². The molecule has 0 atom stereocenters. The SMILES string of the molecule is COCCOCCC(=O)Nc1cc(-c2conc2-c2cc(OC)c(OC)c(OC)c2)ccc1OC. The Balaban J connectivity index is 1.89. The van der Waals surface area contributed by atoms with Crippen LogP contribution in [-0.4, -0.2) is 66.4 Å². The predicted molar refractivity (Wildman–Crippen MR) is 130 cm³/mol. The third-order valence-corrected chi connectivity index (χ3v) is 5.20. The van der Waals surface area contributed by atoms with Crippen LogP contribution in [0.15, 0.2) is 41.1 Å². The van der Waals surface area contributed by atoms with Crippen molar-refractivity contribution in [3.8, 4) is 45.4 Å². The van der Waals surface area contributed by atoms with E-state index in [4.69, 9.17) is 32.9 Å². The molecule has 0 fully saturated rings. The third-order valence-electron chi connectivity index (χ3n) is 5.20. The molecule has 0 aliphatic heterocycles. The van der Waals surface area contributed by atoms with E-state index in [0.717, 1.165) is 5.56 Å². The highest BCUT2D eigenvalue weighted by molar-refractivity contribution is 5.94. The van der Waals surface area contributed by atoms with Gasteiger partial charge < -0.3 is 38.3 Å². The Bertz CT molecular complexity index is 1100. The Hall–Kier alpha value is -3.76. The van der Waals surface area contributed by atoms with Crippen LogP contribution < -0.4 is 24.3 Å². The lowest BCUT2D eigenvalue weighted by atomic mass is 10.0. The number of methoxy groups -OCH3 is 5. The van der Waals surface area contributed by atoms with Crippen molar-refractivity contribution in [1.82, 2.24) is 5.16 Å². The summed E-state index contributed by atoms with van der Waals surface area (Å²) in [6.45, 7) is 1.19. The molecule has 2 aromatic carbocycles. The van der Waals surface area contributed by atoms with Crippen LogP contribution in [0.3, 0.4) is 0 Å². The van der Waals surface area contributed by atoms with Crippen molar-refractivity contribution < 1.29 is 37.7 Å². The Morgan fingerprint density at radius 1 is 0.857 bits per heavy atom. The van der Waals surface area contributed by atoms with E-state index in [0.29, 0.717) is 58.7 Å². The van der Waals surface area contributed by atoms with Gasteiger partial charge in [-0.2, -0.15) is 0 Å². The van der Waals surface area contributed by atoms with Crippen LogP contribution in [-0.2, 0) is 14.3 Å². The first-order valence-corrected chi connectivity index (χ1v) is 10.9. The monoisotopic (exact) mass is 486 g/mol. The number of anilines is 1. The van der Waals surface area contributed by atoms with E-state index in [1.165, 1.54) is 6.26 Å². The summed E-state index contributed by atoms with van der Waals surface area (Å²) >= 11 is 0. The number of aromatic nitrogens is 1. The fourth-order valence-corrected chi connectivity index (χ4v) is 3.46. The van der Waals surface area contributed by atoms with Crippen molar-refractivity contribution in [1.29, 1.82) is 0 Å². The molecule has 0 bridgehead atoms. The van der Waals surface area contributed by atoms with Crippen LogP contribution in [0.1, 0.15) is 6.42 Å². The summed E-state index contributed by atoms with van der Waals surface area (Å²) in [5, 5.41) is 7.08. The molecule has 10 nitrogen and oxygen atoms in total. The van der Waals surface area contributed by atoms with Gasteiger partial charge in [-0.3, -0.25) is 4.79 Å². The van der Waals surface area contributed by atoms with Crippen molar-refractivity contribution in [3.63, 3.8) is 0 Å². The minimum absolute atomic E-state index is 0.195. The smallest absolute Gasteiger partial charge is 0.226 e. The molecule has 0 unspecified atom stereocenters. The lowest BCUT2D eigenvalue weighted by molar-refractivity contribution is -0.117. The van der Waals surface area contributed by atoms with Crippen molar-refractivity contribution in [2.45, 2.75) is 6.42 Å². The molecule has 1 heterocycles. The molecule has 0 aliphatic carbocycles. The van der Waals surface area contributed by atoms with Crippen LogP contribution in [0.25, 0.3) is 22.4 Å². The van der Waals surface area contributed by atoms with Gasteiger partial charge in [0.15, 0.2) is 11.5 Å². The van der Waals surface area contributed by atoms with Gasteiger partial charge in [0, 0.05) is 18.2 Å². The molecule has 10 heteroatoms. The predicted octanol–water partition coefficient (Wildman–Crippen LogP) is 4.03. The fourth-order valence-electron chi connectivity index (χ4n) is 3.46. The normalized spacial score (nSPS) is 10.7. The Morgan fingerprint density at radius 3 is 2.20 bits per heavy atom. The molecule has 0 aliphatic rings. The van der Waals surface area contributed by atoms with Crippen LogP contribution in [0.4, 0.5) is 5.69 Å². The maximum atomic E-state index is 12.5. The summed E-state index contributed by atoms with van der Waals surface area (Å²) in [6.07, 6.45) is 1.73. The summed E-state index contributed by atoms with van der Waals surface area (Å²) in [4.78, 5) is 12.5. The standard InChI is InChI=1S/C25H30N2O8/c1-29-10-11-34-9-8-23(28)26-19-12-16(6-7-20(19)30-2)18-15-35-27-24(18)17-13-21(31-3)25(33-5)22(14-17)32-4/h6-7,12-15H,8-11H2,1-5H3,(H,26,28). The number of rotatable bonds is 13. The first kappa shape index (κ1) is 25.9. The Morgan fingerprint density at radius 2 is 1.57 bits per heavy atom. The largest absolute Gasteiger partial charge is 0.495 e. The molecule has 1 amide bonds. The highest BCUT2D eigenvalue weighted by atomic mass is 16.5. The molecule has 0 radical (unpaired) electrons. The quantitative estimate of drug-likeness (QED) is 0.358. The molecular weight excluding hydrogens is 456 g/mol. The van der Waals surface area contributed by atoms with Crippen molar-refractivity contribution in [2.75, 3.05) is 60.7 Å². The summed E-state index contributed by atoms with van der Waals surface area (Å²) < 4.78 is 37.4. The van der Waals surface area contributed by atoms with Crippen molar-refractivity contribution in [2.24, 2.45) is 0 Å². The van der Waals surface area contributed by atoms with Crippen molar-refractivity contribution in [3.05, 3.63) is 36.6 Å². The highest BCUT2D eigenvalue weighted by Crippen LogP contribution is 2.43. The number of hydrogen-bond donors (Lipinski definition) is 1. The fraction of sp³-hybridized carbons (Fsp3) is 0.360. The Kier molecular flexibility index (Phi) is 9.33. The zero-order valence-electron chi connectivity index (χ0n) is 20.5. The average molecular weight is 487 g/mol. The van der Waals surface area contributed by atoms with Gasteiger partial charge in [-0.15, -0.1) is 0 Å². The van der Waals surface area contributed by atoms with E-state index in [2.05, 4.69) is 10.5 Å². The maximum Gasteiger partial charge on any atom is 0.226 e. The van der Waals surface area contributed by atoms with Gasteiger partial charge in [-0.1, -0.05) is 11.2 Å². The van der Waals surface area contributed by atoms with Crippen LogP contribution in [0.5, 0.6) is 23.0 Å². The van der Waals surface area contributed by atoms with Gasteiger partial charge in [-0.05, 0) is 29.8 Å². The lowest BCUT2D eigenvalue weighted by Crippen LogP contribution is -2.15. The first-order valence-electron chi connectivity index (χ1n) is 10.9. The molecule has 0 saturated carbocycles. The first-order chi connectivity index (χ1) is 17.1. The summed E-state index contributed by atoms with van der Waals surface area (Å²) in [7, 11) is 7.77. The van der Waals surface area contributed by atoms with E-state index in [1.54, 1.807) is 59.8 Å². The molecule has 35 heavy (non-hydrogen) atoms. The van der Waals surface area contributed by atoms with E-state index in [9.17, 15) is 4.79 Å². The van der Waals surface area contributed by atoms with Crippen LogP contribution in [0, 0.1) is 0 Å². The summed E-state index contributed by atoms with van der Waals surface area (Å²) in [5.41, 5.74) is 3.27. The number of amides is 1. The van der Waals surface area contributed by atoms with Gasteiger partial charge >= 0.3 is 0 Å². The molecule has 1 aromatic heterocycles. The van der Waals surface area contributed by atoms with Gasteiger partial charge in [0.25, 0.3) is 0 Å². The number of nitrogens with one attached hydrogen (secondary N) is 1. The Labute approximate surface area is 204 Å². The zero-order valence-corrected chi connectivity index (χ0v) is 20.5. The molecule has 1 N–H and O–H groups in total. The maximum absolute atomic E-state index is 12.5. The molecule has 188 valence electrons. The number of hydrogen-bond acceptors (Lipinski definition) is 9. The van der Waals surface area contributed by atoms with Crippen LogP contribution >= 0.6 is 0 Å². The van der Waals surface area contributed by atoms with E-state index in [-0.39, 0.29) is 18.9 Å². The second kappa shape index (κ2) is 12.6. The molecule has 0 saturated heterocycles. The van der Waals surface area contributed by atoms with Crippen LogP contribution in [0.2, 0.25) is 0 Å². The van der Waals surface area contributed by atoms with Gasteiger partial charge in [0.2, 0.25) is 11.7 Å². The molecule has 0 spiro atoms. The minimum Gasteiger partial charge on any atom is -0.495 e. The van der Waals surface area contributed by atoms with Crippen molar-refractivity contribution >= 4 is 11.6 Å². The topological polar surface area (TPSA) is 111 Å². The summed E-state index contributed by atoms with van der Waals surface area (Å²) in [6, 6.07) is 9.01. The number of benzene rings is 2. The molecular formula is C25H30N2O8. The average Bonchev–Trinajstić information content (AvgIpc) is 3.37. The second-order valence-corrected chi connectivity index (χ2v) is 7.31. The number of carbonyl (C=O) groups excluding carboxylic acids is 1. The number of carbonyl (C=O) groups is 1. The second-order valence-electron chi connectivity index (χ2n) is 7.31. The van der Waals surface area contributed by atoms with E-state index < -0.39 is 0 Å². The molecule has 3 aromatic rings. The number of ether oxygens (including phenoxy) is 6. The molecule has 3 rings (SSSR count). The van der Waals surface area contributed by atoms with Gasteiger partial charge in [0.1, 0.15) is 17.7 Å². The van der Waals surface area contributed by atoms with E-state index >= 15 is 0 Å². The highest BCUT2D eigenvalue weighted by Gasteiger charge is 2.20. The third kappa shape index (κ3) is 6.23. The minimum atomic E-state index is -0.201. The zero-order chi connectivity index (χ0) is 25.2. The lowest BCUT2D eigenvalue weighted by Gasteiger charge is -2.14. The summed E-state index contributed by atoms with van der Waals surface area (Å²) in [5.74, 6) is 1.78. The van der Waals surface area contributed by atoms with E-state index in [1.807, 2.05) is 6.07 Å². The van der Waals surface area contributed by atoms with Gasteiger partial charge in [-0.25, -0.2) is 0 Å². The number of nitrogens with zero attached hydrogens (tertiary/aromatic N) is 1.